The lowest BCUT2D eigenvalue weighted by molar-refractivity contribution is 0.356. The van der Waals surface area contributed by atoms with Crippen molar-refractivity contribution in [1.82, 2.24) is 4.98 Å². The van der Waals surface area contributed by atoms with Crippen molar-refractivity contribution in [3.8, 4) is 5.75 Å². The van der Waals surface area contributed by atoms with Crippen LogP contribution in [0.15, 0.2) is 12.3 Å². The molecule has 0 atom stereocenters. The number of nitrogens with zero attached hydrogens (tertiary/aromatic N) is 1. The second kappa shape index (κ2) is 4.45. The van der Waals surface area contributed by atoms with Crippen LogP contribution in [0.3, 0.4) is 0 Å². The van der Waals surface area contributed by atoms with E-state index in [9.17, 15) is 0 Å². The number of rotatable bonds is 4. The summed E-state index contributed by atoms with van der Waals surface area (Å²) in [5.74, 6) is 1.06. The molecule has 0 saturated heterocycles. The Morgan fingerprint density at radius 1 is 1.43 bits per heavy atom. The van der Waals surface area contributed by atoms with E-state index in [0.717, 1.165) is 25.2 Å². The van der Waals surface area contributed by atoms with Gasteiger partial charge in [-0.05, 0) is 18.9 Å². The fourth-order valence-electron chi connectivity index (χ4n) is 1.94. The monoisotopic (exact) mass is 191 g/mol. The van der Waals surface area contributed by atoms with Crippen LogP contribution in [-0.2, 0) is 12.8 Å². The number of aromatic nitrogens is 1. The predicted molar refractivity (Wildman–Crippen MR) is 56.7 cm³/mol. The molecule has 1 aliphatic heterocycles. The lowest BCUT2D eigenvalue weighted by Gasteiger charge is -2.04. The predicted octanol–water partition coefficient (Wildman–Crippen LogP) is 2.75. The van der Waals surface area contributed by atoms with Gasteiger partial charge in [0.2, 0.25) is 0 Å². The van der Waals surface area contributed by atoms with Crippen LogP contribution < -0.4 is 4.74 Å². The summed E-state index contributed by atoms with van der Waals surface area (Å²) in [6.07, 6.45) is 7.84. The number of hydrogen-bond donors (Lipinski definition) is 0. The highest BCUT2D eigenvalue weighted by Gasteiger charge is 2.15. The Morgan fingerprint density at radius 2 is 2.36 bits per heavy atom. The van der Waals surface area contributed by atoms with E-state index in [-0.39, 0.29) is 0 Å². The lowest BCUT2D eigenvalue weighted by atomic mass is 10.1. The van der Waals surface area contributed by atoms with Crippen molar-refractivity contribution in [3.05, 3.63) is 23.5 Å². The first-order chi connectivity index (χ1) is 6.92. The van der Waals surface area contributed by atoms with Crippen LogP contribution in [-0.4, -0.2) is 11.6 Å². The van der Waals surface area contributed by atoms with Crippen LogP contribution in [0.1, 0.15) is 37.4 Å². The number of aryl methyl sites for hydroxylation is 1. The highest BCUT2D eigenvalue weighted by molar-refractivity contribution is 5.38. The van der Waals surface area contributed by atoms with Crippen molar-refractivity contribution >= 4 is 0 Å². The molecule has 2 nitrogen and oxygen atoms in total. The SMILES string of the molecule is CCCCCc1nccc2c1CCO2. The summed E-state index contributed by atoms with van der Waals surface area (Å²) in [5.41, 5.74) is 2.61. The van der Waals surface area contributed by atoms with Gasteiger partial charge in [0.1, 0.15) is 5.75 Å². The third-order valence-corrected chi connectivity index (χ3v) is 2.73. The van der Waals surface area contributed by atoms with Crippen molar-refractivity contribution in [2.75, 3.05) is 6.61 Å². The summed E-state index contributed by atoms with van der Waals surface area (Å²) >= 11 is 0. The van der Waals surface area contributed by atoms with Crippen LogP contribution >= 0.6 is 0 Å². The van der Waals surface area contributed by atoms with Crippen LogP contribution in [0.5, 0.6) is 5.75 Å². The first-order valence-corrected chi connectivity index (χ1v) is 5.51. The Labute approximate surface area is 85.3 Å². The first kappa shape index (κ1) is 9.50. The molecule has 0 spiro atoms. The van der Waals surface area contributed by atoms with E-state index in [4.69, 9.17) is 4.74 Å². The Hall–Kier alpha value is -1.05. The molecule has 0 bridgehead atoms. The maximum absolute atomic E-state index is 5.51. The van der Waals surface area contributed by atoms with Gasteiger partial charge in [0.15, 0.2) is 0 Å². The molecule has 2 heteroatoms. The molecule has 0 saturated carbocycles. The number of ether oxygens (including phenoxy) is 1. The summed E-state index contributed by atoms with van der Waals surface area (Å²) in [7, 11) is 0. The highest BCUT2D eigenvalue weighted by Crippen LogP contribution is 2.27. The number of unbranched alkanes of at least 4 members (excludes halogenated alkanes) is 2. The van der Waals surface area contributed by atoms with Crippen LogP contribution in [0.25, 0.3) is 0 Å². The molecular formula is C12H17NO. The third-order valence-electron chi connectivity index (χ3n) is 2.73. The highest BCUT2D eigenvalue weighted by atomic mass is 16.5. The van der Waals surface area contributed by atoms with Crippen molar-refractivity contribution in [3.63, 3.8) is 0 Å². The Kier molecular flexibility index (Phi) is 3.02. The molecule has 1 aromatic heterocycles. The standard InChI is InChI=1S/C12H17NO/c1-2-3-4-5-11-10-7-9-14-12(10)6-8-13-11/h6,8H,2-5,7,9H2,1H3. The van der Waals surface area contributed by atoms with Gasteiger partial charge in [-0.15, -0.1) is 0 Å². The van der Waals surface area contributed by atoms with Crippen LogP contribution in [0.4, 0.5) is 0 Å². The number of hydrogen-bond acceptors (Lipinski definition) is 2. The second-order valence-corrected chi connectivity index (χ2v) is 3.79. The zero-order chi connectivity index (χ0) is 9.80. The normalized spacial score (nSPS) is 13.8. The molecule has 0 aliphatic carbocycles. The zero-order valence-electron chi connectivity index (χ0n) is 8.75. The fourth-order valence-corrected chi connectivity index (χ4v) is 1.94. The molecule has 0 fully saturated rings. The maximum atomic E-state index is 5.51. The molecule has 2 heterocycles. The van der Waals surface area contributed by atoms with Gasteiger partial charge in [0.05, 0.1) is 6.61 Å². The van der Waals surface area contributed by atoms with Gasteiger partial charge < -0.3 is 4.74 Å². The molecule has 14 heavy (non-hydrogen) atoms. The first-order valence-electron chi connectivity index (χ1n) is 5.51. The van der Waals surface area contributed by atoms with Gasteiger partial charge in [0.25, 0.3) is 0 Å². The minimum Gasteiger partial charge on any atom is -0.493 e. The summed E-state index contributed by atoms with van der Waals surface area (Å²) in [4.78, 5) is 4.44. The van der Waals surface area contributed by atoms with E-state index in [1.165, 1.54) is 30.5 Å². The summed E-state index contributed by atoms with van der Waals surface area (Å²) in [6, 6.07) is 1.98. The molecule has 1 aliphatic rings. The van der Waals surface area contributed by atoms with E-state index in [2.05, 4.69) is 11.9 Å². The van der Waals surface area contributed by atoms with Gasteiger partial charge in [-0.3, -0.25) is 4.98 Å². The average molecular weight is 191 g/mol. The minimum absolute atomic E-state index is 0.835. The average Bonchev–Trinajstić information content (AvgIpc) is 2.67. The smallest absolute Gasteiger partial charge is 0.125 e. The van der Waals surface area contributed by atoms with Crippen molar-refractivity contribution in [1.29, 1.82) is 0 Å². The second-order valence-electron chi connectivity index (χ2n) is 3.79. The number of fused-ring (bicyclic) bond motifs is 1. The van der Waals surface area contributed by atoms with Gasteiger partial charge >= 0.3 is 0 Å². The van der Waals surface area contributed by atoms with E-state index < -0.39 is 0 Å². The molecule has 1 aromatic rings. The van der Waals surface area contributed by atoms with Gasteiger partial charge in [-0.25, -0.2) is 0 Å². The van der Waals surface area contributed by atoms with E-state index >= 15 is 0 Å². The molecule has 0 aromatic carbocycles. The Balaban J connectivity index is 2.06. The van der Waals surface area contributed by atoms with Crippen LogP contribution in [0.2, 0.25) is 0 Å². The molecule has 2 rings (SSSR count). The number of pyridine rings is 1. The summed E-state index contributed by atoms with van der Waals surface area (Å²) < 4.78 is 5.51. The zero-order valence-corrected chi connectivity index (χ0v) is 8.75. The van der Waals surface area contributed by atoms with Gasteiger partial charge in [-0.2, -0.15) is 0 Å². The van der Waals surface area contributed by atoms with E-state index in [0.29, 0.717) is 0 Å². The van der Waals surface area contributed by atoms with Crippen molar-refractivity contribution in [2.24, 2.45) is 0 Å². The lowest BCUT2D eigenvalue weighted by Crippen LogP contribution is -1.95. The third kappa shape index (κ3) is 1.89. The molecule has 0 amide bonds. The quantitative estimate of drug-likeness (QED) is 0.683. The van der Waals surface area contributed by atoms with Gasteiger partial charge in [-0.1, -0.05) is 19.8 Å². The Bertz CT molecular complexity index is 309. The van der Waals surface area contributed by atoms with E-state index in [1.54, 1.807) is 0 Å². The molecule has 0 radical (unpaired) electrons. The van der Waals surface area contributed by atoms with Crippen LogP contribution in [0, 0.1) is 0 Å². The summed E-state index contributed by atoms with van der Waals surface area (Å²) in [5, 5.41) is 0. The Morgan fingerprint density at radius 3 is 3.21 bits per heavy atom. The molecule has 0 unspecified atom stereocenters. The maximum Gasteiger partial charge on any atom is 0.125 e. The molecule has 76 valence electrons. The topological polar surface area (TPSA) is 22.1 Å². The molecule has 0 N–H and O–H groups in total. The van der Waals surface area contributed by atoms with Crippen molar-refractivity contribution in [2.45, 2.75) is 39.0 Å². The van der Waals surface area contributed by atoms with E-state index in [1.807, 2.05) is 12.3 Å². The summed E-state index contributed by atoms with van der Waals surface area (Å²) in [6.45, 7) is 3.06. The van der Waals surface area contributed by atoms with Crippen molar-refractivity contribution < 1.29 is 4.74 Å². The molecular weight excluding hydrogens is 174 g/mol. The van der Waals surface area contributed by atoms with Gasteiger partial charge in [0, 0.05) is 23.9 Å². The fraction of sp³-hybridized carbons (Fsp3) is 0.583. The minimum atomic E-state index is 0.835. The largest absolute Gasteiger partial charge is 0.493 e.